The Morgan fingerprint density at radius 1 is 1.12 bits per heavy atom. The molecule has 25 heavy (non-hydrogen) atoms. The lowest BCUT2D eigenvalue weighted by molar-refractivity contribution is 0.152. The first-order valence-corrected chi connectivity index (χ1v) is 9.50. The van der Waals surface area contributed by atoms with Crippen LogP contribution < -0.4 is 5.32 Å². The molecule has 2 aromatic rings. The number of likely N-dealkylation sites (N-methyl/N-ethyl adjacent to an activating group) is 1. The summed E-state index contributed by atoms with van der Waals surface area (Å²) < 4.78 is 0. The summed E-state index contributed by atoms with van der Waals surface area (Å²) in [5.41, 5.74) is 3.39. The number of halogens is 1. The molecule has 1 aromatic carbocycles. The minimum absolute atomic E-state index is 0.753. The van der Waals surface area contributed by atoms with Crippen LogP contribution in [-0.2, 0) is 6.54 Å². The molecule has 0 amide bonds. The third kappa shape index (κ3) is 5.54. The van der Waals surface area contributed by atoms with Crippen LogP contribution in [0.1, 0.15) is 18.4 Å². The molecule has 0 radical (unpaired) electrons. The van der Waals surface area contributed by atoms with Crippen molar-refractivity contribution in [2.45, 2.75) is 19.4 Å². The molecule has 0 spiro atoms. The maximum atomic E-state index is 5.96. The minimum atomic E-state index is 0.753. The van der Waals surface area contributed by atoms with Crippen LogP contribution in [0.2, 0.25) is 5.02 Å². The molecule has 0 unspecified atom stereocenters. The Morgan fingerprint density at radius 2 is 1.88 bits per heavy atom. The fraction of sp³-hybridized carbons (Fsp3) is 0.526. The number of hydrogen-bond acceptors (Lipinski definition) is 4. The van der Waals surface area contributed by atoms with Gasteiger partial charge < -0.3 is 15.1 Å². The molecule has 2 heterocycles. The summed E-state index contributed by atoms with van der Waals surface area (Å²) >= 11 is 5.96. The highest BCUT2D eigenvalue weighted by molar-refractivity contribution is 6.30. The standard InChI is InChI=1S/C19H28ClN5/c1-24-10-12-25(13-11-24)9-3-2-8-21-14-17-15-22-23-19(17)16-4-6-18(20)7-5-16/h4-7,15,21H,2-3,8-14H2,1H3,(H,22,23). The molecular formula is C19H28ClN5. The zero-order valence-electron chi connectivity index (χ0n) is 15.0. The highest BCUT2D eigenvalue weighted by Crippen LogP contribution is 2.22. The summed E-state index contributed by atoms with van der Waals surface area (Å²) in [6.07, 6.45) is 4.37. The highest BCUT2D eigenvalue weighted by Gasteiger charge is 2.12. The van der Waals surface area contributed by atoms with Gasteiger partial charge in [0.15, 0.2) is 0 Å². The van der Waals surface area contributed by atoms with E-state index in [0.717, 1.165) is 29.4 Å². The Hall–Kier alpha value is -1.40. The van der Waals surface area contributed by atoms with Crippen molar-refractivity contribution in [3.05, 3.63) is 41.0 Å². The number of H-pyrrole nitrogens is 1. The number of nitrogens with zero attached hydrogens (tertiary/aromatic N) is 3. The molecule has 0 bridgehead atoms. The number of benzene rings is 1. The maximum Gasteiger partial charge on any atom is 0.0695 e. The molecule has 1 fully saturated rings. The summed E-state index contributed by atoms with van der Waals surface area (Å²) in [5, 5.41) is 11.6. The van der Waals surface area contributed by atoms with Gasteiger partial charge in [-0.25, -0.2) is 0 Å². The Labute approximate surface area is 155 Å². The normalized spacial score (nSPS) is 16.4. The third-order valence-corrected chi connectivity index (χ3v) is 5.09. The molecule has 1 aromatic heterocycles. The van der Waals surface area contributed by atoms with Crippen LogP contribution in [-0.4, -0.2) is 66.3 Å². The van der Waals surface area contributed by atoms with Crippen LogP contribution in [0.15, 0.2) is 30.5 Å². The second kappa shape index (κ2) is 9.34. The second-order valence-corrected chi connectivity index (χ2v) is 7.24. The van der Waals surface area contributed by atoms with Crippen LogP contribution in [0.5, 0.6) is 0 Å². The largest absolute Gasteiger partial charge is 0.313 e. The molecule has 2 N–H and O–H groups in total. The molecular weight excluding hydrogens is 334 g/mol. The molecule has 0 saturated carbocycles. The van der Waals surface area contributed by atoms with Gasteiger partial charge >= 0.3 is 0 Å². The van der Waals surface area contributed by atoms with Crippen molar-refractivity contribution >= 4 is 11.6 Å². The molecule has 1 aliphatic heterocycles. The van der Waals surface area contributed by atoms with E-state index >= 15 is 0 Å². The van der Waals surface area contributed by atoms with E-state index in [4.69, 9.17) is 11.6 Å². The van der Waals surface area contributed by atoms with E-state index in [-0.39, 0.29) is 0 Å². The van der Waals surface area contributed by atoms with Gasteiger partial charge in [0.1, 0.15) is 0 Å². The zero-order valence-corrected chi connectivity index (χ0v) is 15.7. The number of hydrogen-bond donors (Lipinski definition) is 2. The van der Waals surface area contributed by atoms with Gasteiger partial charge in [-0.3, -0.25) is 5.10 Å². The van der Waals surface area contributed by atoms with Crippen molar-refractivity contribution in [3.63, 3.8) is 0 Å². The van der Waals surface area contributed by atoms with E-state index in [2.05, 4.69) is 32.4 Å². The first kappa shape index (κ1) is 18.4. The molecule has 6 heteroatoms. The van der Waals surface area contributed by atoms with Crippen LogP contribution in [0.4, 0.5) is 0 Å². The SMILES string of the molecule is CN1CCN(CCCCNCc2cn[nH]c2-c2ccc(Cl)cc2)CC1. The average molecular weight is 362 g/mol. The van der Waals surface area contributed by atoms with Gasteiger partial charge in [-0.1, -0.05) is 23.7 Å². The number of rotatable bonds is 8. The maximum absolute atomic E-state index is 5.96. The van der Waals surface area contributed by atoms with Crippen molar-refractivity contribution in [1.29, 1.82) is 0 Å². The van der Waals surface area contributed by atoms with Crippen LogP contribution >= 0.6 is 11.6 Å². The summed E-state index contributed by atoms with van der Waals surface area (Å²) in [4.78, 5) is 4.98. The Bertz CT molecular complexity index is 632. The first-order chi connectivity index (χ1) is 12.2. The molecule has 1 saturated heterocycles. The monoisotopic (exact) mass is 361 g/mol. The number of aromatic amines is 1. The van der Waals surface area contributed by atoms with Crippen LogP contribution in [0, 0.1) is 0 Å². The number of nitrogens with one attached hydrogen (secondary N) is 2. The van der Waals surface area contributed by atoms with Gasteiger partial charge in [0.2, 0.25) is 0 Å². The quantitative estimate of drug-likeness (QED) is 0.710. The lowest BCUT2D eigenvalue weighted by Gasteiger charge is -2.32. The third-order valence-electron chi connectivity index (χ3n) is 4.84. The summed E-state index contributed by atoms with van der Waals surface area (Å²) in [5.74, 6) is 0. The number of aromatic nitrogens is 2. The first-order valence-electron chi connectivity index (χ1n) is 9.12. The van der Waals surface area contributed by atoms with E-state index < -0.39 is 0 Å². The molecule has 5 nitrogen and oxygen atoms in total. The smallest absolute Gasteiger partial charge is 0.0695 e. The van der Waals surface area contributed by atoms with E-state index in [1.807, 2.05) is 30.5 Å². The van der Waals surface area contributed by atoms with Gasteiger partial charge in [-0.15, -0.1) is 0 Å². The van der Waals surface area contributed by atoms with E-state index in [9.17, 15) is 0 Å². The highest BCUT2D eigenvalue weighted by atomic mass is 35.5. The zero-order chi connectivity index (χ0) is 17.5. The van der Waals surface area contributed by atoms with Crippen molar-refractivity contribution in [3.8, 4) is 11.3 Å². The van der Waals surface area contributed by atoms with E-state index in [1.165, 1.54) is 51.1 Å². The number of unbranched alkanes of at least 4 members (excludes halogenated alkanes) is 1. The number of piperazine rings is 1. The second-order valence-electron chi connectivity index (χ2n) is 6.81. The lowest BCUT2D eigenvalue weighted by Crippen LogP contribution is -2.44. The van der Waals surface area contributed by atoms with Crippen LogP contribution in [0.3, 0.4) is 0 Å². The van der Waals surface area contributed by atoms with Crippen LogP contribution in [0.25, 0.3) is 11.3 Å². The molecule has 0 atom stereocenters. The predicted octanol–water partition coefficient (Wildman–Crippen LogP) is 2.85. The van der Waals surface area contributed by atoms with Crippen molar-refractivity contribution < 1.29 is 0 Å². The average Bonchev–Trinajstić information content (AvgIpc) is 3.09. The Balaban J connectivity index is 1.36. The fourth-order valence-corrected chi connectivity index (χ4v) is 3.32. The van der Waals surface area contributed by atoms with Crippen molar-refractivity contribution in [1.82, 2.24) is 25.3 Å². The molecule has 3 rings (SSSR count). The van der Waals surface area contributed by atoms with Crippen molar-refractivity contribution in [2.24, 2.45) is 0 Å². The molecule has 0 aliphatic carbocycles. The van der Waals surface area contributed by atoms with Gasteiger partial charge in [0, 0.05) is 43.3 Å². The van der Waals surface area contributed by atoms with E-state index in [1.54, 1.807) is 0 Å². The predicted molar refractivity (Wildman–Crippen MR) is 104 cm³/mol. The Kier molecular flexibility index (Phi) is 6.87. The summed E-state index contributed by atoms with van der Waals surface area (Å²) in [6.45, 7) is 7.92. The Morgan fingerprint density at radius 3 is 2.64 bits per heavy atom. The van der Waals surface area contributed by atoms with E-state index in [0.29, 0.717) is 0 Å². The van der Waals surface area contributed by atoms with Gasteiger partial charge in [0.25, 0.3) is 0 Å². The summed E-state index contributed by atoms with van der Waals surface area (Å²) in [6, 6.07) is 7.87. The minimum Gasteiger partial charge on any atom is -0.313 e. The molecule has 1 aliphatic rings. The van der Waals surface area contributed by atoms with Gasteiger partial charge in [-0.05, 0) is 50.7 Å². The fourth-order valence-electron chi connectivity index (χ4n) is 3.19. The van der Waals surface area contributed by atoms with Crippen molar-refractivity contribution in [2.75, 3.05) is 46.3 Å². The lowest BCUT2D eigenvalue weighted by atomic mass is 10.1. The topological polar surface area (TPSA) is 47.2 Å². The summed E-state index contributed by atoms with van der Waals surface area (Å²) in [7, 11) is 2.20. The van der Waals surface area contributed by atoms with Gasteiger partial charge in [0.05, 0.1) is 11.9 Å². The molecule has 136 valence electrons. The van der Waals surface area contributed by atoms with Gasteiger partial charge in [-0.2, -0.15) is 5.10 Å².